The number of carbonyl (C=O) groups excluding carboxylic acids is 1. The molecule has 1 saturated heterocycles. The van der Waals surface area contributed by atoms with Gasteiger partial charge < -0.3 is 14.4 Å². The fourth-order valence-corrected chi connectivity index (χ4v) is 3.11. The van der Waals surface area contributed by atoms with E-state index in [9.17, 15) is 18.0 Å². The first-order valence-electron chi connectivity index (χ1n) is 9.10. The van der Waals surface area contributed by atoms with Crippen LogP contribution in [0.3, 0.4) is 0 Å². The van der Waals surface area contributed by atoms with Crippen molar-refractivity contribution in [2.75, 3.05) is 19.6 Å². The van der Waals surface area contributed by atoms with E-state index in [2.05, 4.69) is 16.2 Å². The van der Waals surface area contributed by atoms with Crippen molar-refractivity contribution < 1.29 is 27.4 Å². The fraction of sp³-hybridized carbons (Fsp3) is 0.550. The maximum Gasteiger partial charge on any atom is 0.573 e. The SMILES string of the molecule is C=Cc1cc(CN2CCN(C(=O)OC(C)(C)C)[C@@H](C)C2)cc(OC(F)(F)F)c1. The minimum absolute atomic E-state index is 0.0721. The Morgan fingerprint density at radius 2 is 1.93 bits per heavy atom. The molecule has 0 radical (unpaired) electrons. The van der Waals surface area contributed by atoms with Gasteiger partial charge in [0.05, 0.1) is 0 Å². The second kappa shape index (κ2) is 8.43. The summed E-state index contributed by atoms with van der Waals surface area (Å²) in [6.07, 6.45) is -3.62. The number of benzene rings is 1. The lowest BCUT2D eigenvalue weighted by Gasteiger charge is -2.40. The molecule has 0 spiro atoms. The maximum absolute atomic E-state index is 12.5. The highest BCUT2D eigenvalue weighted by Crippen LogP contribution is 2.26. The Kier molecular flexibility index (Phi) is 6.64. The normalized spacial score (nSPS) is 18.7. The largest absolute Gasteiger partial charge is 0.573 e. The van der Waals surface area contributed by atoms with E-state index in [1.165, 1.54) is 18.2 Å². The lowest BCUT2D eigenvalue weighted by Crippen LogP contribution is -2.54. The van der Waals surface area contributed by atoms with Crippen molar-refractivity contribution in [1.82, 2.24) is 9.80 Å². The molecule has 1 aliphatic heterocycles. The molecule has 0 saturated carbocycles. The quantitative estimate of drug-likeness (QED) is 0.737. The molecule has 1 fully saturated rings. The highest BCUT2D eigenvalue weighted by atomic mass is 19.4. The van der Waals surface area contributed by atoms with Crippen molar-refractivity contribution in [3.63, 3.8) is 0 Å². The van der Waals surface area contributed by atoms with Gasteiger partial charge in [-0.2, -0.15) is 0 Å². The fourth-order valence-electron chi connectivity index (χ4n) is 3.11. The van der Waals surface area contributed by atoms with Crippen LogP contribution in [-0.2, 0) is 11.3 Å². The highest BCUT2D eigenvalue weighted by molar-refractivity contribution is 5.68. The highest BCUT2D eigenvalue weighted by Gasteiger charge is 2.32. The molecule has 0 N–H and O–H groups in total. The summed E-state index contributed by atoms with van der Waals surface area (Å²) in [6, 6.07) is 4.39. The Bertz CT molecular complexity index is 714. The third-order valence-corrected chi connectivity index (χ3v) is 4.20. The van der Waals surface area contributed by atoms with Gasteiger partial charge >= 0.3 is 12.5 Å². The van der Waals surface area contributed by atoms with Gasteiger partial charge in [0.15, 0.2) is 0 Å². The van der Waals surface area contributed by atoms with Gasteiger partial charge in [-0.25, -0.2) is 4.79 Å². The van der Waals surface area contributed by atoms with Gasteiger partial charge in [0.1, 0.15) is 11.4 Å². The number of carbonyl (C=O) groups is 1. The summed E-state index contributed by atoms with van der Waals surface area (Å²) < 4.78 is 47.1. The molecule has 1 aliphatic rings. The second-order valence-corrected chi connectivity index (χ2v) is 7.92. The summed E-state index contributed by atoms with van der Waals surface area (Å²) >= 11 is 0. The van der Waals surface area contributed by atoms with E-state index >= 15 is 0 Å². The number of ether oxygens (including phenoxy) is 2. The molecule has 0 aromatic heterocycles. The third-order valence-electron chi connectivity index (χ3n) is 4.20. The van der Waals surface area contributed by atoms with Crippen LogP contribution in [0.4, 0.5) is 18.0 Å². The van der Waals surface area contributed by atoms with Crippen LogP contribution in [0.1, 0.15) is 38.8 Å². The number of hydrogen-bond donors (Lipinski definition) is 0. The number of nitrogens with zero attached hydrogens (tertiary/aromatic N) is 2. The van der Waals surface area contributed by atoms with Crippen LogP contribution in [0, 0.1) is 0 Å². The molecule has 0 bridgehead atoms. The van der Waals surface area contributed by atoms with Crippen LogP contribution in [0.15, 0.2) is 24.8 Å². The zero-order valence-corrected chi connectivity index (χ0v) is 16.7. The molecular weight excluding hydrogens is 373 g/mol. The van der Waals surface area contributed by atoms with Crippen molar-refractivity contribution in [3.8, 4) is 5.75 Å². The van der Waals surface area contributed by atoms with Gasteiger partial charge in [0, 0.05) is 32.2 Å². The third kappa shape index (κ3) is 6.74. The van der Waals surface area contributed by atoms with E-state index in [0.29, 0.717) is 37.3 Å². The molecule has 156 valence electrons. The maximum atomic E-state index is 12.5. The monoisotopic (exact) mass is 400 g/mol. The molecule has 2 rings (SSSR count). The standard InChI is InChI=1S/C20H27F3N2O3/c1-6-15-9-16(11-17(10-15)27-20(21,22)23)13-24-7-8-25(14(2)12-24)18(26)28-19(3,4)5/h6,9-11,14H,1,7-8,12-13H2,2-5H3/t14-/m0/s1. The minimum Gasteiger partial charge on any atom is -0.444 e. The molecule has 1 aromatic carbocycles. The van der Waals surface area contributed by atoms with Crippen LogP contribution in [0.25, 0.3) is 6.08 Å². The lowest BCUT2D eigenvalue weighted by atomic mass is 10.1. The average Bonchev–Trinajstić information content (AvgIpc) is 2.51. The summed E-state index contributed by atoms with van der Waals surface area (Å²) in [5.41, 5.74) is 0.681. The van der Waals surface area contributed by atoms with Crippen molar-refractivity contribution in [2.45, 2.75) is 52.2 Å². The predicted molar refractivity (Wildman–Crippen MR) is 101 cm³/mol. The number of halogens is 3. The molecule has 5 nitrogen and oxygen atoms in total. The summed E-state index contributed by atoms with van der Waals surface area (Å²) in [5.74, 6) is -0.264. The van der Waals surface area contributed by atoms with Crippen molar-refractivity contribution in [3.05, 3.63) is 35.9 Å². The van der Waals surface area contributed by atoms with Gasteiger partial charge in [0.2, 0.25) is 0 Å². The van der Waals surface area contributed by atoms with Gasteiger partial charge in [-0.1, -0.05) is 18.7 Å². The van der Waals surface area contributed by atoms with Crippen molar-refractivity contribution in [1.29, 1.82) is 0 Å². The van der Waals surface area contributed by atoms with E-state index in [4.69, 9.17) is 4.74 Å². The van der Waals surface area contributed by atoms with Gasteiger partial charge in [-0.05, 0) is 51.0 Å². The lowest BCUT2D eigenvalue weighted by molar-refractivity contribution is -0.274. The zero-order valence-electron chi connectivity index (χ0n) is 16.7. The number of amides is 1. The Balaban J connectivity index is 2.04. The van der Waals surface area contributed by atoms with Crippen molar-refractivity contribution in [2.24, 2.45) is 0 Å². The van der Waals surface area contributed by atoms with E-state index < -0.39 is 12.0 Å². The number of piperazine rings is 1. The summed E-state index contributed by atoms with van der Waals surface area (Å²) in [7, 11) is 0. The predicted octanol–water partition coefficient (Wildman–Crippen LogP) is 4.67. The number of alkyl halides is 3. The van der Waals surface area contributed by atoms with Gasteiger partial charge in [-0.15, -0.1) is 13.2 Å². The Labute approximate surface area is 163 Å². The molecule has 1 aromatic rings. The van der Waals surface area contributed by atoms with Crippen molar-refractivity contribution >= 4 is 12.2 Å². The Hall–Kier alpha value is -2.22. The topological polar surface area (TPSA) is 42.0 Å². The summed E-state index contributed by atoms with van der Waals surface area (Å²) in [6.45, 7) is 13.1. The molecule has 0 unspecified atom stereocenters. The molecule has 0 aliphatic carbocycles. The first-order chi connectivity index (χ1) is 12.9. The molecule has 8 heteroatoms. The van der Waals surface area contributed by atoms with Crippen LogP contribution < -0.4 is 4.74 Å². The van der Waals surface area contributed by atoms with Crippen LogP contribution in [0.5, 0.6) is 5.75 Å². The molecule has 1 atom stereocenters. The number of rotatable bonds is 4. The average molecular weight is 400 g/mol. The summed E-state index contributed by atoms with van der Waals surface area (Å²) in [5, 5.41) is 0. The van der Waals surface area contributed by atoms with Crippen LogP contribution in [-0.4, -0.2) is 53.5 Å². The smallest absolute Gasteiger partial charge is 0.444 e. The second-order valence-electron chi connectivity index (χ2n) is 7.92. The first kappa shape index (κ1) is 22.1. The van der Waals surface area contributed by atoms with E-state index in [1.54, 1.807) is 11.0 Å². The number of hydrogen-bond acceptors (Lipinski definition) is 4. The van der Waals surface area contributed by atoms with Crippen LogP contribution in [0.2, 0.25) is 0 Å². The van der Waals surface area contributed by atoms with E-state index in [-0.39, 0.29) is 17.9 Å². The molecule has 1 amide bonds. The summed E-state index contributed by atoms with van der Waals surface area (Å²) in [4.78, 5) is 16.1. The zero-order chi connectivity index (χ0) is 21.1. The first-order valence-corrected chi connectivity index (χ1v) is 9.10. The molecular formula is C20H27F3N2O3. The van der Waals surface area contributed by atoms with Gasteiger partial charge in [0.25, 0.3) is 0 Å². The molecule has 28 heavy (non-hydrogen) atoms. The van der Waals surface area contributed by atoms with Crippen LogP contribution >= 0.6 is 0 Å². The van der Waals surface area contributed by atoms with E-state index in [0.717, 1.165) is 0 Å². The van der Waals surface area contributed by atoms with E-state index in [1.807, 2.05) is 27.7 Å². The van der Waals surface area contributed by atoms with Gasteiger partial charge in [-0.3, -0.25) is 4.90 Å². The Morgan fingerprint density at radius 3 is 2.46 bits per heavy atom. The minimum atomic E-state index is -4.75. The molecule has 1 heterocycles. The Morgan fingerprint density at radius 1 is 1.25 bits per heavy atom.